The molecule has 23 heavy (non-hydrogen) atoms. The van der Waals surface area contributed by atoms with Gasteiger partial charge in [-0.2, -0.15) is 4.31 Å². The second-order valence-corrected chi connectivity index (χ2v) is 9.22. The molecule has 1 aromatic heterocycles. The smallest absolute Gasteiger partial charge is 0.225 e. The fourth-order valence-electron chi connectivity index (χ4n) is 1.93. The lowest BCUT2D eigenvalue weighted by Crippen LogP contribution is -2.30. The lowest BCUT2D eigenvalue weighted by atomic mass is 10.4. The van der Waals surface area contributed by atoms with Crippen molar-refractivity contribution in [2.45, 2.75) is 16.3 Å². The van der Waals surface area contributed by atoms with E-state index in [9.17, 15) is 16.8 Å². The summed E-state index contributed by atoms with van der Waals surface area (Å²) in [5.41, 5.74) is 0. The lowest BCUT2D eigenvalue weighted by Gasteiger charge is -2.20. The van der Waals surface area contributed by atoms with Crippen LogP contribution in [0.3, 0.4) is 0 Å². The minimum Gasteiger partial charge on any atom is -0.225 e. The van der Waals surface area contributed by atoms with Crippen molar-refractivity contribution in [3.8, 4) is 0 Å². The molecule has 0 aliphatic carbocycles. The van der Waals surface area contributed by atoms with Crippen LogP contribution in [0.15, 0.2) is 64.2 Å². The van der Waals surface area contributed by atoms with Crippen LogP contribution in [0, 0.1) is 0 Å². The minimum absolute atomic E-state index is 0.111. The van der Waals surface area contributed by atoms with Crippen molar-refractivity contribution < 1.29 is 16.8 Å². The Kier molecular flexibility index (Phi) is 5.37. The summed E-state index contributed by atoms with van der Waals surface area (Å²) >= 11 is 1.44. The molecule has 0 saturated carbocycles. The average Bonchev–Trinajstić information content (AvgIpc) is 2.99. The lowest BCUT2D eigenvalue weighted by molar-refractivity contribution is 0.441. The molecule has 0 atom stereocenters. The number of nitrogens with zero attached hydrogens (tertiary/aromatic N) is 1. The van der Waals surface area contributed by atoms with E-state index in [1.165, 1.54) is 39.9 Å². The Morgan fingerprint density at radius 3 is 2.39 bits per heavy atom. The Hall–Kier alpha value is -1.52. The standard InChI is InChI=1S/C14H16N2O4S3/c1-2-8-16(11-12-5-4-9-21-12)23(19,20)14-7-3-6-13(10-14)22(15,17)18/h2-7,9-10H,1,8,11H2,(H2,15,17,18). The zero-order valence-corrected chi connectivity index (χ0v) is 14.6. The highest BCUT2D eigenvalue weighted by atomic mass is 32.2. The van der Waals surface area contributed by atoms with E-state index >= 15 is 0 Å². The summed E-state index contributed by atoms with van der Waals surface area (Å²) in [6.07, 6.45) is 1.48. The highest BCUT2D eigenvalue weighted by molar-refractivity contribution is 7.90. The Morgan fingerprint density at radius 1 is 1.13 bits per heavy atom. The third-order valence-electron chi connectivity index (χ3n) is 3.02. The number of thiophene rings is 1. The molecule has 9 heteroatoms. The highest BCUT2D eigenvalue weighted by Crippen LogP contribution is 2.22. The first kappa shape index (κ1) is 17.8. The third kappa shape index (κ3) is 4.27. The van der Waals surface area contributed by atoms with Gasteiger partial charge in [0.15, 0.2) is 0 Å². The molecule has 0 aliphatic heterocycles. The van der Waals surface area contributed by atoms with Crippen LogP contribution in [0.4, 0.5) is 0 Å². The van der Waals surface area contributed by atoms with Crippen molar-refractivity contribution in [1.29, 1.82) is 0 Å². The molecule has 2 aromatic rings. The van der Waals surface area contributed by atoms with Crippen LogP contribution < -0.4 is 5.14 Å². The number of benzene rings is 1. The molecular formula is C14H16N2O4S3. The van der Waals surface area contributed by atoms with Gasteiger partial charge in [0.2, 0.25) is 20.0 Å². The Morgan fingerprint density at radius 2 is 1.83 bits per heavy atom. The van der Waals surface area contributed by atoms with Crippen molar-refractivity contribution in [3.05, 3.63) is 59.3 Å². The Labute approximate surface area is 140 Å². The molecule has 1 aromatic carbocycles. The first-order chi connectivity index (χ1) is 10.7. The van der Waals surface area contributed by atoms with Crippen molar-refractivity contribution >= 4 is 31.4 Å². The van der Waals surface area contributed by atoms with Crippen molar-refractivity contribution in [1.82, 2.24) is 4.31 Å². The summed E-state index contributed by atoms with van der Waals surface area (Å²) in [6.45, 7) is 3.87. The molecule has 0 amide bonds. The van der Waals surface area contributed by atoms with Gasteiger partial charge in [-0.1, -0.05) is 18.2 Å². The monoisotopic (exact) mass is 372 g/mol. The number of sulfonamides is 2. The topological polar surface area (TPSA) is 97.5 Å². The molecule has 2 N–H and O–H groups in total. The van der Waals surface area contributed by atoms with Gasteiger partial charge in [-0.3, -0.25) is 0 Å². The van der Waals surface area contributed by atoms with Gasteiger partial charge in [0.05, 0.1) is 9.79 Å². The zero-order valence-electron chi connectivity index (χ0n) is 12.1. The molecule has 6 nitrogen and oxygen atoms in total. The molecule has 0 aliphatic rings. The molecule has 2 rings (SSSR count). The van der Waals surface area contributed by atoms with Gasteiger partial charge in [0.25, 0.3) is 0 Å². The van der Waals surface area contributed by atoms with E-state index in [-0.39, 0.29) is 22.9 Å². The predicted molar refractivity (Wildman–Crippen MR) is 89.9 cm³/mol. The molecule has 1 heterocycles. The summed E-state index contributed by atoms with van der Waals surface area (Å²) in [7, 11) is -7.85. The first-order valence-electron chi connectivity index (χ1n) is 6.51. The van der Waals surface area contributed by atoms with E-state index in [0.717, 1.165) is 10.9 Å². The van der Waals surface area contributed by atoms with Gasteiger partial charge in [-0.25, -0.2) is 22.0 Å². The van der Waals surface area contributed by atoms with Gasteiger partial charge >= 0.3 is 0 Å². The molecule has 0 radical (unpaired) electrons. The van der Waals surface area contributed by atoms with E-state index in [1.54, 1.807) is 0 Å². The summed E-state index contributed by atoms with van der Waals surface area (Å²) in [5, 5.41) is 6.92. The van der Waals surface area contributed by atoms with E-state index in [4.69, 9.17) is 5.14 Å². The van der Waals surface area contributed by atoms with Crippen LogP contribution >= 0.6 is 11.3 Å². The Bertz CT molecular complexity index is 888. The molecule has 0 bridgehead atoms. The van der Waals surface area contributed by atoms with Crippen molar-refractivity contribution in [2.24, 2.45) is 5.14 Å². The maximum Gasteiger partial charge on any atom is 0.243 e. The number of primary sulfonamides is 1. The second-order valence-electron chi connectivity index (χ2n) is 4.69. The summed E-state index contributed by atoms with van der Waals surface area (Å²) in [6, 6.07) is 8.68. The van der Waals surface area contributed by atoms with Crippen LogP contribution in [-0.4, -0.2) is 27.7 Å². The fraction of sp³-hybridized carbons (Fsp3) is 0.143. The van der Waals surface area contributed by atoms with Crippen LogP contribution in [0.25, 0.3) is 0 Å². The van der Waals surface area contributed by atoms with Gasteiger partial charge in [0, 0.05) is 18.0 Å². The van der Waals surface area contributed by atoms with Crippen LogP contribution in [0.1, 0.15) is 4.88 Å². The number of rotatable bonds is 7. The predicted octanol–water partition coefficient (Wildman–Crippen LogP) is 1.77. The SMILES string of the molecule is C=CCN(Cc1cccs1)S(=O)(=O)c1cccc(S(N)(=O)=O)c1. The van der Waals surface area contributed by atoms with Gasteiger partial charge in [-0.15, -0.1) is 17.9 Å². The summed E-state index contributed by atoms with van der Waals surface area (Å²) in [4.78, 5) is 0.508. The van der Waals surface area contributed by atoms with Crippen LogP contribution in [-0.2, 0) is 26.6 Å². The summed E-state index contributed by atoms with van der Waals surface area (Å²) < 4.78 is 49.6. The van der Waals surface area contributed by atoms with Gasteiger partial charge < -0.3 is 0 Å². The van der Waals surface area contributed by atoms with Crippen LogP contribution in [0.5, 0.6) is 0 Å². The maximum atomic E-state index is 12.8. The van der Waals surface area contributed by atoms with E-state index in [2.05, 4.69) is 6.58 Å². The van der Waals surface area contributed by atoms with Crippen molar-refractivity contribution in [3.63, 3.8) is 0 Å². The van der Waals surface area contributed by atoms with E-state index < -0.39 is 20.0 Å². The molecule has 0 fully saturated rings. The van der Waals surface area contributed by atoms with Gasteiger partial charge in [-0.05, 0) is 29.6 Å². The van der Waals surface area contributed by atoms with Crippen molar-refractivity contribution in [2.75, 3.05) is 6.54 Å². The average molecular weight is 372 g/mol. The number of nitrogens with two attached hydrogens (primary N) is 1. The molecule has 0 saturated heterocycles. The molecule has 0 unspecified atom stereocenters. The maximum absolute atomic E-state index is 12.8. The number of hydrogen-bond donors (Lipinski definition) is 1. The van der Waals surface area contributed by atoms with E-state index in [0.29, 0.717) is 0 Å². The fourth-order valence-corrected chi connectivity index (χ4v) is 4.80. The van der Waals surface area contributed by atoms with Gasteiger partial charge in [0.1, 0.15) is 0 Å². The highest BCUT2D eigenvalue weighted by Gasteiger charge is 2.25. The quantitative estimate of drug-likeness (QED) is 0.749. The zero-order chi connectivity index (χ0) is 17.1. The first-order valence-corrected chi connectivity index (χ1v) is 10.4. The third-order valence-corrected chi connectivity index (χ3v) is 6.60. The van der Waals surface area contributed by atoms with Crippen LogP contribution in [0.2, 0.25) is 0 Å². The minimum atomic E-state index is -3.97. The van der Waals surface area contributed by atoms with E-state index in [1.807, 2.05) is 17.5 Å². The largest absolute Gasteiger partial charge is 0.243 e. The molecular weight excluding hydrogens is 356 g/mol. The normalized spacial score (nSPS) is 12.4. The summed E-state index contributed by atoms with van der Waals surface area (Å²) in [5.74, 6) is 0. The molecule has 124 valence electrons. The second kappa shape index (κ2) is 6.93. The number of hydrogen-bond acceptors (Lipinski definition) is 5. The molecule has 0 spiro atoms. The Balaban J connectivity index is 2.43.